The summed E-state index contributed by atoms with van der Waals surface area (Å²) < 4.78 is 9.29. The van der Waals surface area contributed by atoms with Gasteiger partial charge in [0.2, 0.25) is 0 Å². The minimum Gasteiger partial charge on any atom is -0.455 e. The Labute approximate surface area is 341 Å². The molecule has 0 amide bonds. The van der Waals surface area contributed by atoms with Gasteiger partial charge in [0, 0.05) is 55.1 Å². The van der Waals surface area contributed by atoms with Crippen LogP contribution < -0.4 is 4.90 Å². The molecule has 0 fully saturated rings. The third-order valence-corrected chi connectivity index (χ3v) is 12.0. The molecular weight excluding hydrogens is 717 g/mol. The van der Waals surface area contributed by atoms with Crippen LogP contribution in [0.15, 0.2) is 223 Å². The molecule has 3 nitrogen and oxygen atoms in total. The minimum atomic E-state index is 0.887. The lowest BCUT2D eigenvalue weighted by Crippen LogP contribution is -2.11. The van der Waals surface area contributed by atoms with Crippen LogP contribution in [-0.2, 0) is 0 Å². The lowest BCUT2D eigenvalue weighted by atomic mass is 9.98. The number of anilines is 3. The van der Waals surface area contributed by atoms with Crippen LogP contribution in [0.1, 0.15) is 0 Å². The van der Waals surface area contributed by atoms with Gasteiger partial charge in [-0.25, -0.2) is 0 Å². The highest BCUT2D eigenvalue weighted by atomic mass is 16.3. The first-order chi connectivity index (χ1) is 29.3. The Balaban J connectivity index is 1.06. The first-order valence-corrected chi connectivity index (χ1v) is 20.2. The Morgan fingerprint density at radius 1 is 0.339 bits per heavy atom. The largest absolute Gasteiger partial charge is 0.455 e. The summed E-state index contributed by atoms with van der Waals surface area (Å²) in [6.45, 7) is 0. The van der Waals surface area contributed by atoms with Gasteiger partial charge in [-0.3, -0.25) is 0 Å². The molecule has 0 saturated heterocycles. The average Bonchev–Trinajstić information content (AvgIpc) is 3.86. The van der Waals surface area contributed by atoms with Crippen LogP contribution in [-0.4, -0.2) is 4.57 Å². The van der Waals surface area contributed by atoms with Crippen LogP contribution in [0.5, 0.6) is 0 Å². The Morgan fingerprint density at radius 2 is 0.932 bits per heavy atom. The van der Waals surface area contributed by atoms with E-state index in [-0.39, 0.29) is 0 Å². The van der Waals surface area contributed by atoms with Crippen molar-refractivity contribution in [2.45, 2.75) is 0 Å². The zero-order valence-corrected chi connectivity index (χ0v) is 32.1. The van der Waals surface area contributed by atoms with Gasteiger partial charge in [0.25, 0.3) is 0 Å². The molecule has 276 valence electrons. The monoisotopic (exact) mass is 752 g/mol. The van der Waals surface area contributed by atoms with E-state index in [0.29, 0.717) is 0 Å². The summed E-state index contributed by atoms with van der Waals surface area (Å²) in [6.07, 6.45) is 0. The average molecular weight is 753 g/mol. The fourth-order valence-electron chi connectivity index (χ4n) is 9.21. The van der Waals surface area contributed by atoms with Crippen LogP contribution in [0.25, 0.3) is 93.2 Å². The maximum atomic E-state index is 6.92. The molecule has 10 aromatic carbocycles. The van der Waals surface area contributed by atoms with Crippen molar-refractivity contribution in [1.82, 2.24) is 4.57 Å². The smallest absolute Gasteiger partial charge is 0.143 e. The number of benzene rings is 10. The van der Waals surface area contributed by atoms with Crippen molar-refractivity contribution in [3.05, 3.63) is 218 Å². The van der Waals surface area contributed by atoms with Crippen LogP contribution in [0.2, 0.25) is 0 Å². The Morgan fingerprint density at radius 3 is 1.75 bits per heavy atom. The summed E-state index contributed by atoms with van der Waals surface area (Å²) in [7, 11) is 0. The van der Waals surface area contributed by atoms with Gasteiger partial charge in [-0.2, -0.15) is 0 Å². The molecule has 0 aliphatic carbocycles. The highest BCUT2D eigenvalue weighted by molar-refractivity contribution is 6.18. The zero-order valence-electron chi connectivity index (χ0n) is 32.1. The highest BCUT2D eigenvalue weighted by Crippen LogP contribution is 2.46. The van der Waals surface area contributed by atoms with Gasteiger partial charge in [0.15, 0.2) is 0 Å². The van der Waals surface area contributed by atoms with Crippen LogP contribution in [0.4, 0.5) is 17.1 Å². The molecule has 0 radical (unpaired) electrons. The van der Waals surface area contributed by atoms with E-state index in [4.69, 9.17) is 4.42 Å². The topological polar surface area (TPSA) is 21.3 Å². The Bertz CT molecular complexity index is 3520. The van der Waals surface area contributed by atoms with Crippen molar-refractivity contribution in [3.8, 4) is 27.9 Å². The molecule has 0 N–H and O–H groups in total. The van der Waals surface area contributed by atoms with E-state index in [2.05, 4.69) is 228 Å². The number of aromatic nitrogens is 1. The van der Waals surface area contributed by atoms with E-state index in [1.54, 1.807) is 0 Å². The molecule has 59 heavy (non-hydrogen) atoms. The van der Waals surface area contributed by atoms with Gasteiger partial charge in [-0.05, 0) is 94.0 Å². The Kier molecular flexibility index (Phi) is 7.54. The first kappa shape index (κ1) is 33.3. The second-order valence-corrected chi connectivity index (χ2v) is 15.3. The Hall–Kier alpha value is -7.88. The van der Waals surface area contributed by atoms with E-state index < -0.39 is 0 Å². The summed E-state index contributed by atoms with van der Waals surface area (Å²) in [5.74, 6) is 0. The van der Waals surface area contributed by atoms with Gasteiger partial charge in [0.1, 0.15) is 11.2 Å². The second-order valence-electron chi connectivity index (χ2n) is 15.3. The molecule has 0 bridgehead atoms. The second kappa shape index (κ2) is 13.4. The standard InChI is InChI=1S/C56H36N2O/c1-2-15-39-35-41(28-27-37(39)13-1)40-16-11-17-44(36-40)57(42-30-32-43(33-31-42)58-53-25-9-5-19-46(53)47-20-6-10-26-54(47)58)52-24-8-7-21-48(52)49-22-12-23-50-51-34-29-38-14-3-4-18-45(38)55(51)59-56(49)50/h1-36H. The van der Waals surface area contributed by atoms with E-state index in [1.807, 2.05) is 0 Å². The lowest BCUT2D eigenvalue weighted by Gasteiger charge is -2.28. The van der Waals surface area contributed by atoms with Crippen molar-refractivity contribution < 1.29 is 4.42 Å². The minimum absolute atomic E-state index is 0.887. The van der Waals surface area contributed by atoms with Gasteiger partial charge in [-0.15, -0.1) is 0 Å². The van der Waals surface area contributed by atoms with Gasteiger partial charge in [-0.1, -0.05) is 152 Å². The molecule has 0 aliphatic rings. The SMILES string of the molecule is c1cc(-c2ccc3ccccc3c2)cc(N(c2ccc(-n3c4ccccc4c4ccccc43)cc2)c2ccccc2-c2cccc3c2oc2c4ccccc4ccc32)c1. The summed E-state index contributed by atoms with van der Waals surface area (Å²) >= 11 is 0. The summed E-state index contributed by atoms with van der Waals surface area (Å²) in [4.78, 5) is 2.40. The fourth-order valence-corrected chi connectivity index (χ4v) is 9.21. The van der Waals surface area contributed by atoms with Gasteiger partial charge < -0.3 is 13.9 Å². The summed E-state index contributed by atoms with van der Waals surface area (Å²) in [5, 5.41) is 9.49. The molecule has 0 atom stereocenters. The number of fused-ring (bicyclic) bond motifs is 9. The van der Waals surface area contributed by atoms with Crippen molar-refractivity contribution in [3.63, 3.8) is 0 Å². The van der Waals surface area contributed by atoms with Crippen molar-refractivity contribution >= 4 is 82.4 Å². The molecular formula is C56H36N2O. The maximum absolute atomic E-state index is 6.92. The van der Waals surface area contributed by atoms with Gasteiger partial charge in [0.05, 0.1) is 16.7 Å². The predicted molar refractivity (Wildman–Crippen MR) is 249 cm³/mol. The van der Waals surface area contributed by atoms with Crippen molar-refractivity contribution in [2.24, 2.45) is 0 Å². The molecule has 0 aliphatic heterocycles. The number of rotatable bonds is 6. The number of hydrogen-bond acceptors (Lipinski definition) is 2. The third-order valence-electron chi connectivity index (χ3n) is 12.0. The maximum Gasteiger partial charge on any atom is 0.143 e. The van der Waals surface area contributed by atoms with Crippen molar-refractivity contribution in [1.29, 1.82) is 0 Å². The van der Waals surface area contributed by atoms with Gasteiger partial charge >= 0.3 is 0 Å². The van der Waals surface area contributed by atoms with E-state index >= 15 is 0 Å². The number of nitrogens with zero attached hydrogens (tertiary/aromatic N) is 2. The van der Waals surface area contributed by atoms with E-state index in [0.717, 1.165) is 66.8 Å². The molecule has 0 saturated carbocycles. The first-order valence-electron chi connectivity index (χ1n) is 20.2. The molecule has 2 heterocycles. The quantitative estimate of drug-likeness (QED) is 0.169. The molecule has 0 spiro atoms. The third kappa shape index (κ3) is 5.36. The predicted octanol–water partition coefficient (Wildman–Crippen LogP) is 15.8. The molecule has 3 heteroatoms. The van der Waals surface area contributed by atoms with Crippen LogP contribution in [0.3, 0.4) is 0 Å². The van der Waals surface area contributed by atoms with E-state index in [1.165, 1.54) is 43.5 Å². The van der Waals surface area contributed by atoms with E-state index in [9.17, 15) is 0 Å². The molecule has 12 aromatic rings. The number of hydrogen-bond donors (Lipinski definition) is 0. The van der Waals surface area contributed by atoms with Crippen LogP contribution >= 0.6 is 0 Å². The number of para-hydroxylation sites is 4. The molecule has 0 unspecified atom stereocenters. The van der Waals surface area contributed by atoms with Crippen molar-refractivity contribution in [2.75, 3.05) is 4.90 Å². The summed E-state index contributed by atoms with van der Waals surface area (Å²) in [5.41, 5.74) is 13.0. The highest BCUT2D eigenvalue weighted by Gasteiger charge is 2.22. The lowest BCUT2D eigenvalue weighted by molar-refractivity contribution is 0.674. The normalized spacial score (nSPS) is 11.7. The summed E-state index contributed by atoms with van der Waals surface area (Å²) in [6, 6.07) is 78.7. The molecule has 12 rings (SSSR count). The number of furan rings is 1. The molecule has 2 aromatic heterocycles. The fraction of sp³-hybridized carbons (Fsp3) is 0. The zero-order chi connectivity index (χ0) is 38.9. The van der Waals surface area contributed by atoms with Crippen LogP contribution in [0, 0.1) is 0 Å².